The van der Waals surface area contributed by atoms with Crippen molar-refractivity contribution in [3.8, 4) is 0 Å². The Morgan fingerprint density at radius 3 is 2.62 bits per heavy atom. The van der Waals surface area contributed by atoms with Gasteiger partial charge in [0.25, 0.3) is 10.0 Å². The quantitative estimate of drug-likeness (QED) is 0.835. The van der Waals surface area contributed by atoms with Crippen molar-refractivity contribution < 1.29 is 8.42 Å². The van der Waals surface area contributed by atoms with E-state index >= 15 is 0 Å². The minimum absolute atomic E-state index is 0.0465. The maximum absolute atomic E-state index is 12.3. The first-order valence-electron chi connectivity index (χ1n) is 5.90. The average Bonchev–Trinajstić information content (AvgIpc) is 2.48. The van der Waals surface area contributed by atoms with Crippen molar-refractivity contribution in [1.82, 2.24) is 9.71 Å². The third-order valence-electron chi connectivity index (χ3n) is 2.53. The first kappa shape index (κ1) is 15.7. The number of para-hydroxylation sites is 1. The Bertz CT molecular complexity index is 733. The summed E-state index contributed by atoms with van der Waals surface area (Å²) in [6.45, 7) is 0. The van der Waals surface area contributed by atoms with E-state index in [1.54, 1.807) is 12.3 Å². The van der Waals surface area contributed by atoms with Gasteiger partial charge in [0.1, 0.15) is 9.22 Å². The molecule has 1 aromatic heterocycles. The summed E-state index contributed by atoms with van der Waals surface area (Å²) in [5.41, 5.74) is 1.22. The molecule has 5 nitrogen and oxygen atoms in total. The number of thiocarbonyl (C=S) groups is 1. The van der Waals surface area contributed by atoms with Crippen LogP contribution in [-0.4, -0.2) is 24.0 Å². The van der Waals surface area contributed by atoms with Crippen LogP contribution < -0.4 is 10.0 Å². The predicted molar refractivity (Wildman–Crippen MR) is 90.4 cm³/mol. The SMILES string of the molecule is CSC(=S)NS(=O)(=O)c1cnccc1Nc1ccccc1. The molecule has 0 saturated carbocycles. The zero-order valence-electron chi connectivity index (χ0n) is 11.1. The highest BCUT2D eigenvalue weighted by Crippen LogP contribution is 2.23. The molecular weight excluding hydrogens is 326 g/mol. The third-order valence-corrected chi connectivity index (χ3v) is 5.24. The van der Waals surface area contributed by atoms with Gasteiger partial charge in [-0.25, -0.2) is 8.42 Å². The highest BCUT2D eigenvalue weighted by atomic mass is 32.2. The van der Waals surface area contributed by atoms with Crippen LogP contribution in [0.1, 0.15) is 0 Å². The Balaban J connectivity index is 2.35. The summed E-state index contributed by atoms with van der Waals surface area (Å²) in [7, 11) is -3.76. The summed E-state index contributed by atoms with van der Waals surface area (Å²) in [5, 5.41) is 3.06. The number of sulfonamides is 1. The van der Waals surface area contributed by atoms with E-state index in [4.69, 9.17) is 12.2 Å². The van der Waals surface area contributed by atoms with E-state index < -0.39 is 10.0 Å². The van der Waals surface area contributed by atoms with Gasteiger partial charge in [-0.3, -0.25) is 9.71 Å². The zero-order valence-corrected chi connectivity index (χ0v) is 13.6. The molecule has 2 N–H and O–H groups in total. The molecule has 21 heavy (non-hydrogen) atoms. The first-order valence-corrected chi connectivity index (χ1v) is 9.01. The minimum atomic E-state index is -3.76. The number of rotatable bonds is 4. The van der Waals surface area contributed by atoms with Crippen molar-refractivity contribution in [1.29, 1.82) is 0 Å². The van der Waals surface area contributed by atoms with Gasteiger partial charge in [0.2, 0.25) is 0 Å². The van der Waals surface area contributed by atoms with Gasteiger partial charge in [-0.2, -0.15) is 0 Å². The number of nitrogens with zero attached hydrogens (tertiary/aromatic N) is 1. The molecule has 1 heterocycles. The molecule has 0 aliphatic carbocycles. The number of hydrogen-bond acceptors (Lipinski definition) is 6. The lowest BCUT2D eigenvalue weighted by Gasteiger charge is -2.13. The van der Waals surface area contributed by atoms with Crippen molar-refractivity contribution in [2.45, 2.75) is 4.90 Å². The van der Waals surface area contributed by atoms with Gasteiger partial charge in [-0.05, 0) is 24.5 Å². The lowest BCUT2D eigenvalue weighted by atomic mass is 10.3. The van der Waals surface area contributed by atoms with E-state index in [9.17, 15) is 8.42 Å². The second-order valence-electron chi connectivity index (χ2n) is 3.96. The van der Waals surface area contributed by atoms with Crippen molar-refractivity contribution in [2.24, 2.45) is 0 Å². The molecule has 0 amide bonds. The van der Waals surface area contributed by atoms with Crippen molar-refractivity contribution in [2.75, 3.05) is 11.6 Å². The monoisotopic (exact) mass is 339 g/mol. The molecule has 0 unspecified atom stereocenters. The summed E-state index contributed by atoms with van der Waals surface area (Å²) in [6.07, 6.45) is 4.52. The van der Waals surface area contributed by atoms with E-state index in [-0.39, 0.29) is 9.22 Å². The van der Waals surface area contributed by atoms with Crippen LogP contribution in [0.25, 0.3) is 0 Å². The van der Waals surface area contributed by atoms with Crippen LogP contribution in [0.15, 0.2) is 53.7 Å². The summed E-state index contributed by atoms with van der Waals surface area (Å²) < 4.78 is 27.2. The molecule has 110 valence electrons. The molecule has 0 aliphatic rings. The lowest BCUT2D eigenvalue weighted by Crippen LogP contribution is -2.27. The molecule has 0 radical (unpaired) electrons. The topological polar surface area (TPSA) is 71.1 Å². The molecule has 2 aromatic rings. The molecule has 2 rings (SSSR count). The molecule has 0 atom stereocenters. The largest absolute Gasteiger partial charge is 0.354 e. The molecule has 0 spiro atoms. The van der Waals surface area contributed by atoms with Crippen LogP contribution in [-0.2, 0) is 10.0 Å². The van der Waals surface area contributed by atoms with Gasteiger partial charge >= 0.3 is 0 Å². The minimum Gasteiger partial charge on any atom is -0.354 e. The molecular formula is C13H13N3O2S3. The number of benzene rings is 1. The van der Waals surface area contributed by atoms with Crippen LogP contribution in [0.2, 0.25) is 0 Å². The summed E-state index contributed by atoms with van der Waals surface area (Å²) >= 11 is 6.06. The smallest absolute Gasteiger partial charge is 0.266 e. The van der Waals surface area contributed by atoms with Crippen LogP contribution in [0.5, 0.6) is 0 Å². The fourth-order valence-corrected chi connectivity index (χ4v) is 3.51. The van der Waals surface area contributed by atoms with Gasteiger partial charge in [0, 0.05) is 18.1 Å². The summed E-state index contributed by atoms with van der Waals surface area (Å²) in [5.74, 6) is 0. The van der Waals surface area contributed by atoms with Crippen LogP contribution in [0, 0.1) is 0 Å². The third kappa shape index (κ3) is 4.16. The number of nitrogens with one attached hydrogen (secondary N) is 2. The summed E-state index contributed by atoms with van der Waals surface area (Å²) in [4.78, 5) is 3.92. The molecule has 0 saturated heterocycles. The van der Waals surface area contributed by atoms with Crippen molar-refractivity contribution in [3.63, 3.8) is 0 Å². The van der Waals surface area contributed by atoms with Gasteiger partial charge in [0.15, 0.2) is 0 Å². The molecule has 0 bridgehead atoms. The Kier molecular flexibility index (Phi) is 5.16. The number of hydrogen-bond donors (Lipinski definition) is 2. The fraction of sp³-hybridized carbons (Fsp3) is 0.0769. The predicted octanol–water partition coefficient (Wildman–Crippen LogP) is 2.75. The van der Waals surface area contributed by atoms with E-state index in [1.165, 1.54) is 12.4 Å². The Hall–Kier alpha value is -1.64. The number of pyridine rings is 1. The van der Waals surface area contributed by atoms with E-state index in [0.717, 1.165) is 17.4 Å². The Morgan fingerprint density at radius 1 is 1.24 bits per heavy atom. The van der Waals surface area contributed by atoms with E-state index in [1.807, 2.05) is 30.3 Å². The standard InChI is InChI=1S/C13H13N3O2S3/c1-20-13(19)16-21(17,18)12-9-14-8-7-11(12)15-10-5-3-2-4-6-10/h2-9H,1H3,(H,14,15)(H,16,19). The van der Waals surface area contributed by atoms with Crippen LogP contribution in [0.3, 0.4) is 0 Å². The maximum Gasteiger partial charge on any atom is 0.266 e. The highest BCUT2D eigenvalue weighted by molar-refractivity contribution is 8.23. The van der Waals surface area contributed by atoms with Gasteiger partial charge in [-0.1, -0.05) is 42.2 Å². The van der Waals surface area contributed by atoms with Gasteiger partial charge in [0.05, 0.1) is 5.69 Å². The normalized spacial score (nSPS) is 10.9. The Labute approximate surface area is 133 Å². The Morgan fingerprint density at radius 2 is 1.95 bits per heavy atom. The highest BCUT2D eigenvalue weighted by Gasteiger charge is 2.20. The zero-order chi connectivity index (χ0) is 15.3. The fourth-order valence-electron chi connectivity index (χ4n) is 1.58. The van der Waals surface area contributed by atoms with Crippen LogP contribution in [0.4, 0.5) is 11.4 Å². The van der Waals surface area contributed by atoms with E-state index in [2.05, 4.69) is 15.0 Å². The molecule has 8 heteroatoms. The van der Waals surface area contributed by atoms with Gasteiger partial charge in [-0.15, -0.1) is 0 Å². The molecule has 0 aliphatic heterocycles. The lowest BCUT2D eigenvalue weighted by molar-refractivity contribution is 0.593. The second-order valence-corrected chi connectivity index (χ2v) is 7.09. The summed E-state index contributed by atoms with van der Waals surface area (Å²) in [6, 6.07) is 10.9. The molecule has 0 fully saturated rings. The van der Waals surface area contributed by atoms with Crippen molar-refractivity contribution >= 4 is 49.7 Å². The van der Waals surface area contributed by atoms with Gasteiger partial charge < -0.3 is 5.32 Å². The van der Waals surface area contributed by atoms with Crippen molar-refractivity contribution in [3.05, 3.63) is 48.8 Å². The number of anilines is 2. The average molecular weight is 339 g/mol. The second kappa shape index (κ2) is 6.88. The maximum atomic E-state index is 12.3. The number of thioether (sulfide) groups is 1. The van der Waals surface area contributed by atoms with Crippen LogP contribution >= 0.6 is 24.0 Å². The molecule has 1 aromatic carbocycles. The first-order chi connectivity index (χ1) is 10.0. The number of aromatic nitrogens is 1. The van der Waals surface area contributed by atoms with E-state index in [0.29, 0.717) is 5.69 Å².